The number of benzene rings is 1. The Morgan fingerprint density at radius 2 is 2.05 bits per heavy atom. The van der Waals surface area contributed by atoms with Gasteiger partial charge < -0.3 is 9.47 Å². The van der Waals surface area contributed by atoms with Gasteiger partial charge in [0.05, 0.1) is 14.2 Å². The number of carbonyl (C=O) groups is 1. The van der Waals surface area contributed by atoms with Crippen molar-refractivity contribution >= 4 is 17.7 Å². The van der Waals surface area contributed by atoms with Gasteiger partial charge >= 0.3 is 5.97 Å². The highest BCUT2D eigenvalue weighted by Crippen LogP contribution is 2.28. The summed E-state index contributed by atoms with van der Waals surface area (Å²) in [7, 11) is 3.12. The number of carbonyl (C=O) groups excluding carboxylic acids is 1. The second kappa shape index (κ2) is 8.86. The molecular weight excluding hydrogens is 260 g/mol. The molecule has 0 amide bonds. The van der Waals surface area contributed by atoms with Crippen LogP contribution in [0.3, 0.4) is 0 Å². The Balaban J connectivity index is 2.38. The Bertz CT molecular complexity index is 404. The first-order valence-corrected chi connectivity index (χ1v) is 7.56. The number of methoxy groups -OCH3 is 2. The van der Waals surface area contributed by atoms with Crippen molar-refractivity contribution in [3.05, 3.63) is 23.8 Å². The second-order valence-electron chi connectivity index (χ2n) is 4.21. The average Bonchev–Trinajstić information content (AvgIpc) is 2.46. The average molecular weight is 282 g/mol. The van der Waals surface area contributed by atoms with Gasteiger partial charge in [0.1, 0.15) is 5.75 Å². The zero-order valence-electron chi connectivity index (χ0n) is 11.9. The quantitative estimate of drug-likeness (QED) is 0.414. The van der Waals surface area contributed by atoms with Gasteiger partial charge in [-0.2, -0.15) is 0 Å². The van der Waals surface area contributed by atoms with E-state index in [-0.39, 0.29) is 5.97 Å². The van der Waals surface area contributed by atoms with Gasteiger partial charge in [-0.05, 0) is 48.8 Å². The molecule has 0 atom stereocenters. The summed E-state index contributed by atoms with van der Waals surface area (Å²) in [6, 6.07) is 6.20. The maximum atomic E-state index is 11.0. The highest BCUT2D eigenvalue weighted by Gasteiger charge is 2.04. The molecule has 0 spiro atoms. The van der Waals surface area contributed by atoms with Crippen molar-refractivity contribution in [2.45, 2.75) is 37.5 Å². The van der Waals surface area contributed by atoms with Crippen LogP contribution in [0, 0.1) is 0 Å². The SMILES string of the molecule is CCc1cc(OC)ccc1SCCCCC(=O)OC. The number of hydrogen-bond donors (Lipinski definition) is 0. The third-order valence-corrected chi connectivity index (χ3v) is 4.11. The molecule has 0 aliphatic rings. The first-order chi connectivity index (χ1) is 9.21. The van der Waals surface area contributed by atoms with Crippen LogP contribution in [0.2, 0.25) is 0 Å². The lowest BCUT2D eigenvalue weighted by atomic mass is 10.1. The fourth-order valence-corrected chi connectivity index (χ4v) is 2.88. The van der Waals surface area contributed by atoms with Crippen molar-refractivity contribution in [1.82, 2.24) is 0 Å². The summed E-state index contributed by atoms with van der Waals surface area (Å²) in [5.74, 6) is 1.81. The normalized spacial score (nSPS) is 10.3. The van der Waals surface area contributed by atoms with Crippen molar-refractivity contribution in [3.63, 3.8) is 0 Å². The Hall–Kier alpha value is -1.16. The van der Waals surface area contributed by atoms with Crippen LogP contribution in [0.25, 0.3) is 0 Å². The van der Waals surface area contributed by atoms with Crippen molar-refractivity contribution in [1.29, 1.82) is 0 Å². The molecule has 1 aromatic rings. The van der Waals surface area contributed by atoms with E-state index in [1.807, 2.05) is 17.8 Å². The molecule has 19 heavy (non-hydrogen) atoms. The van der Waals surface area contributed by atoms with Gasteiger partial charge in [0.25, 0.3) is 0 Å². The van der Waals surface area contributed by atoms with E-state index in [0.717, 1.165) is 30.8 Å². The van der Waals surface area contributed by atoms with Gasteiger partial charge in [-0.1, -0.05) is 6.92 Å². The number of ether oxygens (including phenoxy) is 2. The Labute approximate surface area is 119 Å². The molecule has 0 fully saturated rings. The van der Waals surface area contributed by atoms with Crippen molar-refractivity contribution < 1.29 is 14.3 Å². The van der Waals surface area contributed by atoms with Crippen LogP contribution in [0.4, 0.5) is 0 Å². The van der Waals surface area contributed by atoms with Crippen LogP contribution in [0.15, 0.2) is 23.1 Å². The molecule has 0 heterocycles. The maximum absolute atomic E-state index is 11.0. The van der Waals surface area contributed by atoms with E-state index in [0.29, 0.717) is 6.42 Å². The molecule has 1 aromatic carbocycles. The lowest BCUT2D eigenvalue weighted by Gasteiger charge is -2.09. The molecule has 3 nitrogen and oxygen atoms in total. The predicted molar refractivity (Wildman–Crippen MR) is 79.0 cm³/mol. The Morgan fingerprint density at radius 1 is 1.26 bits per heavy atom. The van der Waals surface area contributed by atoms with Gasteiger partial charge in [-0.25, -0.2) is 0 Å². The van der Waals surface area contributed by atoms with Gasteiger partial charge in [-0.15, -0.1) is 11.8 Å². The summed E-state index contributed by atoms with van der Waals surface area (Å²) in [6.45, 7) is 2.15. The molecule has 0 saturated carbocycles. The van der Waals surface area contributed by atoms with Gasteiger partial charge in [0.2, 0.25) is 0 Å². The number of hydrogen-bond acceptors (Lipinski definition) is 4. The largest absolute Gasteiger partial charge is 0.497 e. The van der Waals surface area contributed by atoms with Crippen LogP contribution < -0.4 is 4.74 Å². The number of unbranched alkanes of at least 4 members (excludes halogenated alkanes) is 1. The van der Waals surface area contributed by atoms with Crippen LogP contribution >= 0.6 is 11.8 Å². The fraction of sp³-hybridized carbons (Fsp3) is 0.533. The van der Waals surface area contributed by atoms with Crippen molar-refractivity contribution in [2.75, 3.05) is 20.0 Å². The molecule has 0 unspecified atom stereocenters. The number of rotatable bonds is 8. The highest BCUT2D eigenvalue weighted by atomic mass is 32.2. The van der Waals surface area contributed by atoms with Crippen molar-refractivity contribution in [3.8, 4) is 5.75 Å². The number of esters is 1. The third-order valence-electron chi connectivity index (χ3n) is 2.91. The standard InChI is InChI=1S/C15H22O3S/c1-4-12-11-13(17-2)8-9-14(12)19-10-6-5-7-15(16)18-3/h8-9,11H,4-7,10H2,1-3H3. The first kappa shape index (κ1) is 15.9. The van der Waals surface area contributed by atoms with E-state index < -0.39 is 0 Å². The summed E-state index contributed by atoms with van der Waals surface area (Å²) in [5.41, 5.74) is 1.32. The summed E-state index contributed by atoms with van der Waals surface area (Å²) in [6.07, 6.45) is 3.42. The molecule has 0 radical (unpaired) electrons. The van der Waals surface area contributed by atoms with Crippen molar-refractivity contribution in [2.24, 2.45) is 0 Å². The molecule has 0 saturated heterocycles. The minimum absolute atomic E-state index is 0.122. The topological polar surface area (TPSA) is 35.5 Å². The molecular formula is C15H22O3S. The van der Waals surface area contributed by atoms with E-state index >= 15 is 0 Å². The molecule has 0 aliphatic carbocycles. The minimum atomic E-state index is -0.122. The molecule has 4 heteroatoms. The molecule has 0 N–H and O–H groups in total. The van der Waals surface area contributed by atoms with Crippen LogP contribution in [0.5, 0.6) is 5.75 Å². The molecule has 1 rings (SSSR count). The molecule has 106 valence electrons. The second-order valence-corrected chi connectivity index (χ2v) is 5.35. The fourth-order valence-electron chi connectivity index (χ4n) is 1.76. The maximum Gasteiger partial charge on any atom is 0.305 e. The Morgan fingerprint density at radius 3 is 2.68 bits per heavy atom. The Kier molecular flexibility index (Phi) is 7.41. The molecule has 0 bridgehead atoms. The lowest BCUT2D eigenvalue weighted by molar-refractivity contribution is -0.140. The van der Waals surface area contributed by atoms with Crippen LogP contribution in [-0.4, -0.2) is 25.9 Å². The van der Waals surface area contributed by atoms with E-state index in [4.69, 9.17) is 4.74 Å². The summed E-state index contributed by atoms with van der Waals surface area (Å²) < 4.78 is 9.85. The van der Waals surface area contributed by atoms with Gasteiger partial charge in [0.15, 0.2) is 0 Å². The number of thioether (sulfide) groups is 1. The van der Waals surface area contributed by atoms with Crippen LogP contribution in [-0.2, 0) is 16.0 Å². The van der Waals surface area contributed by atoms with Crippen LogP contribution in [0.1, 0.15) is 31.7 Å². The summed E-state index contributed by atoms with van der Waals surface area (Å²) in [4.78, 5) is 12.3. The lowest BCUT2D eigenvalue weighted by Crippen LogP contribution is -1.99. The van der Waals surface area contributed by atoms with E-state index in [2.05, 4.69) is 23.8 Å². The van der Waals surface area contributed by atoms with E-state index in [9.17, 15) is 4.79 Å². The van der Waals surface area contributed by atoms with E-state index in [1.54, 1.807) is 7.11 Å². The highest BCUT2D eigenvalue weighted by molar-refractivity contribution is 7.99. The third kappa shape index (κ3) is 5.55. The monoisotopic (exact) mass is 282 g/mol. The summed E-state index contributed by atoms with van der Waals surface area (Å²) >= 11 is 1.84. The zero-order chi connectivity index (χ0) is 14.1. The van der Waals surface area contributed by atoms with E-state index in [1.165, 1.54) is 17.6 Å². The summed E-state index contributed by atoms with van der Waals surface area (Å²) in [5, 5.41) is 0. The van der Waals surface area contributed by atoms with Gasteiger partial charge in [-0.3, -0.25) is 4.79 Å². The minimum Gasteiger partial charge on any atom is -0.497 e. The van der Waals surface area contributed by atoms with Gasteiger partial charge in [0, 0.05) is 11.3 Å². The number of aryl methyl sites for hydroxylation is 1. The zero-order valence-corrected chi connectivity index (χ0v) is 12.7. The smallest absolute Gasteiger partial charge is 0.305 e. The first-order valence-electron chi connectivity index (χ1n) is 6.57. The predicted octanol–water partition coefficient (Wildman–Crippen LogP) is 3.69. The molecule has 0 aliphatic heterocycles. The molecule has 0 aromatic heterocycles.